The standard InChI is InChI=1S/C13H14F5NO2/c1-21-10-6-4-9(5-7-10)3-2-8-19-11(20)12(14,15)13(16,17)18/h4-7H,2-3,8H2,1H3,(H,19,20). The van der Waals surface area contributed by atoms with Gasteiger partial charge in [0.2, 0.25) is 0 Å². The minimum absolute atomic E-state index is 0.242. The van der Waals surface area contributed by atoms with Gasteiger partial charge in [-0.3, -0.25) is 4.79 Å². The van der Waals surface area contributed by atoms with E-state index in [1.807, 2.05) is 0 Å². The third kappa shape index (κ3) is 4.57. The first kappa shape index (κ1) is 17.2. The molecule has 0 radical (unpaired) electrons. The number of hydrogen-bond donors (Lipinski definition) is 1. The van der Waals surface area contributed by atoms with Gasteiger partial charge >= 0.3 is 12.1 Å². The molecule has 0 saturated carbocycles. The van der Waals surface area contributed by atoms with Crippen molar-refractivity contribution in [2.24, 2.45) is 0 Å². The van der Waals surface area contributed by atoms with Gasteiger partial charge in [-0.25, -0.2) is 0 Å². The Balaban J connectivity index is 2.38. The molecule has 0 aromatic heterocycles. The molecule has 0 saturated heterocycles. The molecule has 0 spiro atoms. The third-order valence-electron chi connectivity index (χ3n) is 2.73. The van der Waals surface area contributed by atoms with E-state index in [0.29, 0.717) is 12.2 Å². The molecule has 8 heteroatoms. The topological polar surface area (TPSA) is 38.3 Å². The largest absolute Gasteiger partial charge is 0.497 e. The van der Waals surface area contributed by atoms with Gasteiger partial charge in [-0.1, -0.05) is 12.1 Å². The number of rotatable bonds is 6. The van der Waals surface area contributed by atoms with Crippen LogP contribution in [0.4, 0.5) is 22.0 Å². The van der Waals surface area contributed by atoms with Crippen molar-refractivity contribution >= 4 is 5.91 Å². The van der Waals surface area contributed by atoms with Crippen LogP contribution in [-0.4, -0.2) is 31.7 Å². The van der Waals surface area contributed by atoms with Gasteiger partial charge < -0.3 is 10.1 Å². The Morgan fingerprint density at radius 1 is 1.14 bits per heavy atom. The van der Waals surface area contributed by atoms with E-state index < -0.39 is 18.0 Å². The second kappa shape index (κ2) is 6.73. The molecule has 118 valence electrons. The van der Waals surface area contributed by atoms with Crippen LogP contribution in [0.2, 0.25) is 0 Å². The van der Waals surface area contributed by atoms with Crippen LogP contribution in [0.25, 0.3) is 0 Å². The number of nitrogens with one attached hydrogen (secondary N) is 1. The molecule has 0 bridgehead atoms. The van der Waals surface area contributed by atoms with Crippen molar-refractivity contribution in [2.75, 3.05) is 13.7 Å². The number of alkyl halides is 5. The predicted molar refractivity (Wildman–Crippen MR) is 65.3 cm³/mol. The van der Waals surface area contributed by atoms with Crippen LogP contribution in [0, 0.1) is 0 Å². The zero-order chi connectivity index (χ0) is 16.1. The lowest BCUT2D eigenvalue weighted by atomic mass is 10.1. The summed E-state index contributed by atoms with van der Waals surface area (Å²) >= 11 is 0. The molecule has 1 amide bonds. The predicted octanol–water partition coefficient (Wildman–Crippen LogP) is 2.94. The quantitative estimate of drug-likeness (QED) is 0.648. The van der Waals surface area contributed by atoms with Crippen molar-refractivity contribution in [3.63, 3.8) is 0 Å². The molecule has 0 fully saturated rings. The number of hydrogen-bond acceptors (Lipinski definition) is 2. The molecule has 0 aliphatic rings. The normalized spacial score (nSPS) is 12.1. The Bertz CT molecular complexity index is 470. The second-order valence-corrected chi connectivity index (χ2v) is 4.28. The Morgan fingerprint density at radius 2 is 1.71 bits per heavy atom. The fraction of sp³-hybridized carbons (Fsp3) is 0.462. The molecule has 0 aliphatic heterocycles. The molecule has 1 N–H and O–H groups in total. The Labute approximate surface area is 118 Å². The Kier molecular flexibility index (Phi) is 5.51. The van der Waals surface area contributed by atoms with Crippen molar-refractivity contribution < 1.29 is 31.5 Å². The van der Waals surface area contributed by atoms with Gasteiger partial charge in [0.15, 0.2) is 0 Å². The van der Waals surface area contributed by atoms with Crippen molar-refractivity contribution in [3.8, 4) is 5.75 Å². The molecule has 1 rings (SSSR count). The van der Waals surface area contributed by atoms with E-state index in [-0.39, 0.29) is 13.0 Å². The van der Waals surface area contributed by atoms with Gasteiger partial charge in [-0.05, 0) is 30.5 Å². The van der Waals surface area contributed by atoms with E-state index in [1.54, 1.807) is 29.6 Å². The van der Waals surface area contributed by atoms with E-state index >= 15 is 0 Å². The number of halogens is 5. The third-order valence-corrected chi connectivity index (χ3v) is 2.73. The number of amides is 1. The maximum absolute atomic E-state index is 12.6. The van der Waals surface area contributed by atoms with Crippen LogP contribution < -0.4 is 10.1 Å². The summed E-state index contributed by atoms with van der Waals surface area (Å²) in [6, 6.07) is 6.88. The molecular weight excluding hydrogens is 297 g/mol. The summed E-state index contributed by atoms with van der Waals surface area (Å²) in [5.74, 6) is -7.05. The first-order valence-corrected chi connectivity index (χ1v) is 6.04. The van der Waals surface area contributed by atoms with E-state index in [2.05, 4.69) is 0 Å². The van der Waals surface area contributed by atoms with Crippen LogP contribution in [-0.2, 0) is 11.2 Å². The number of ether oxygens (including phenoxy) is 1. The summed E-state index contributed by atoms with van der Waals surface area (Å²) in [7, 11) is 1.51. The highest BCUT2D eigenvalue weighted by atomic mass is 19.4. The van der Waals surface area contributed by atoms with Crippen LogP contribution >= 0.6 is 0 Å². The summed E-state index contributed by atoms with van der Waals surface area (Å²) in [4.78, 5) is 10.8. The molecule has 1 aromatic rings. The van der Waals surface area contributed by atoms with Gasteiger partial charge in [0.05, 0.1) is 7.11 Å². The summed E-state index contributed by atoms with van der Waals surface area (Å²) in [5.41, 5.74) is 0.854. The van der Waals surface area contributed by atoms with Crippen molar-refractivity contribution in [1.82, 2.24) is 5.32 Å². The van der Waals surface area contributed by atoms with Gasteiger partial charge in [-0.2, -0.15) is 22.0 Å². The van der Waals surface area contributed by atoms with Crippen molar-refractivity contribution in [2.45, 2.75) is 24.9 Å². The molecule has 0 atom stereocenters. The van der Waals surface area contributed by atoms with E-state index in [9.17, 15) is 26.7 Å². The Morgan fingerprint density at radius 3 is 2.19 bits per heavy atom. The van der Waals surface area contributed by atoms with Gasteiger partial charge in [0.1, 0.15) is 5.75 Å². The van der Waals surface area contributed by atoms with Crippen LogP contribution in [0.5, 0.6) is 5.75 Å². The summed E-state index contributed by atoms with van der Waals surface area (Å²) in [5, 5.41) is 1.59. The van der Waals surface area contributed by atoms with Gasteiger partial charge in [-0.15, -0.1) is 0 Å². The first-order chi connectivity index (χ1) is 9.68. The van der Waals surface area contributed by atoms with Crippen LogP contribution in [0.3, 0.4) is 0 Å². The minimum Gasteiger partial charge on any atom is -0.497 e. The monoisotopic (exact) mass is 311 g/mol. The van der Waals surface area contributed by atoms with Crippen molar-refractivity contribution in [1.29, 1.82) is 0 Å². The van der Waals surface area contributed by atoms with Crippen LogP contribution in [0.1, 0.15) is 12.0 Å². The highest BCUT2D eigenvalue weighted by Gasteiger charge is 2.63. The number of carbonyl (C=O) groups is 1. The lowest BCUT2D eigenvalue weighted by Crippen LogP contribution is -2.50. The number of methoxy groups -OCH3 is 1. The SMILES string of the molecule is COc1ccc(CCCNC(=O)C(F)(F)C(F)(F)F)cc1. The highest BCUT2D eigenvalue weighted by molar-refractivity contribution is 5.84. The number of carbonyl (C=O) groups excluding carboxylic acids is 1. The fourth-order valence-corrected chi connectivity index (χ4v) is 1.53. The Hall–Kier alpha value is -1.86. The first-order valence-electron chi connectivity index (χ1n) is 6.04. The lowest BCUT2D eigenvalue weighted by molar-refractivity contribution is -0.269. The summed E-state index contributed by atoms with van der Waals surface area (Å²) in [6.45, 7) is -0.267. The maximum atomic E-state index is 12.6. The molecule has 3 nitrogen and oxygen atoms in total. The molecule has 1 aromatic carbocycles. The zero-order valence-corrected chi connectivity index (χ0v) is 11.1. The highest BCUT2D eigenvalue weighted by Crippen LogP contribution is 2.35. The smallest absolute Gasteiger partial charge is 0.463 e. The van der Waals surface area contributed by atoms with Crippen molar-refractivity contribution in [3.05, 3.63) is 29.8 Å². The van der Waals surface area contributed by atoms with Gasteiger partial charge in [0.25, 0.3) is 5.91 Å². The van der Waals surface area contributed by atoms with E-state index in [1.165, 1.54) is 7.11 Å². The molecule has 0 unspecified atom stereocenters. The second-order valence-electron chi connectivity index (χ2n) is 4.28. The number of aryl methyl sites for hydroxylation is 1. The van der Waals surface area contributed by atoms with E-state index in [4.69, 9.17) is 4.74 Å². The van der Waals surface area contributed by atoms with Gasteiger partial charge in [0, 0.05) is 6.54 Å². The molecule has 21 heavy (non-hydrogen) atoms. The molecular formula is C13H14F5NO2. The zero-order valence-electron chi connectivity index (χ0n) is 11.1. The average molecular weight is 311 g/mol. The summed E-state index contributed by atoms with van der Waals surface area (Å²) in [6.07, 6.45) is -5.21. The van der Waals surface area contributed by atoms with Crippen LogP contribution in [0.15, 0.2) is 24.3 Å². The summed E-state index contributed by atoms with van der Waals surface area (Å²) < 4.78 is 65.9. The average Bonchev–Trinajstić information content (AvgIpc) is 2.42. The maximum Gasteiger partial charge on any atom is 0.463 e. The van der Waals surface area contributed by atoms with E-state index in [0.717, 1.165) is 5.56 Å². The molecule has 0 heterocycles. The fourth-order valence-electron chi connectivity index (χ4n) is 1.53. The lowest BCUT2D eigenvalue weighted by Gasteiger charge is -2.18. The number of benzene rings is 1. The minimum atomic E-state index is -5.88. The molecule has 0 aliphatic carbocycles.